The summed E-state index contributed by atoms with van der Waals surface area (Å²) in [5.41, 5.74) is 5.02. The van der Waals surface area contributed by atoms with Gasteiger partial charge in [0, 0.05) is 0 Å². The normalized spacial score (nSPS) is 14.6. The van der Waals surface area contributed by atoms with Crippen LogP contribution in [0.5, 0.6) is 0 Å². The number of hydrogen-bond donors (Lipinski definition) is 4. The summed E-state index contributed by atoms with van der Waals surface area (Å²) in [6, 6.07) is 0. The van der Waals surface area contributed by atoms with E-state index in [9.17, 15) is 15.0 Å². The van der Waals surface area contributed by atoms with Gasteiger partial charge in [-0.05, 0) is 6.42 Å². The Morgan fingerprint density at radius 3 is 2.83 bits per heavy atom. The molecule has 8 nitrogen and oxygen atoms in total. The van der Waals surface area contributed by atoms with Gasteiger partial charge in [-0.2, -0.15) is 4.98 Å². The third kappa shape index (κ3) is 2.15. The lowest BCUT2D eigenvalue weighted by Gasteiger charge is -2.15. The van der Waals surface area contributed by atoms with Crippen LogP contribution in [-0.2, 0) is 0 Å². The van der Waals surface area contributed by atoms with E-state index in [1.165, 1.54) is 6.20 Å². The maximum atomic E-state index is 11.6. The number of fused-ring (bicyclic) bond motifs is 1. The summed E-state index contributed by atoms with van der Waals surface area (Å²) in [7, 11) is 0. The molecule has 0 aromatic carbocycles. The fourth-order valence-corrected chi connectivity index (χ4v) is 1.51. The first-order valence-electron chi connectivity index (χ1n) is 5.41. The van der Waals surface area contributed by atoms with Crippen molar-refractivity contribution in [2.75, 3.05) is 5.73 Å². The molecule has 0 bridgehead atoms. The first-order chi connectivity index (χ1) is 8.52. The number of aliphatic hydroxyl groups excluding tert-OH is 2. The van der Waals surface area contributed by atoms with E-state index in [1.807, 2.05) is 0 Å². The number of H-pyrrole nitrogens is 1. The fourth-order valence-electron chi connectivity index (χ4n) is 1.51. The molecule has 0 fully saturated rings. The van der Waals surface area contributed by atoms with Gasteiger partial charge in [-0.3, -0.25) is 9.78 Å². The third-order valence-corrected chi connectivity index (χ3v) is 2.54. The van der Waals surface area contributed by atoms with E-state index in [1.54, 1.807) is 6.92 Å². The minimum absolute atomic E-state index is 0.0240. The van der Waals surface area contributed by atoms with Crippen LogP contribution in [0.3, 0.4) is 0 Å². The Bertz CT molecular complexity index is 626. The van der Waals surface area contributed by atoms with Crippen molar-refractivity contribution < 1.29 is 10.2 Å². The number of aromatic nitrogens is 4. The molecule has 8 heteroatoms. The van der Waals surface area contributed by atoms with Gasteiger partial charge in [0.2, 0.25) is 5.95 Å². The molecule has 2 rings (SSSR count). The Balaban J connectivity index is 2.54. The van der Waals surface area contributed by atoms with Gasteiger partial charge >= 0.3 is 0 Å². The molecule has 18 heavy (non-hydrogen) atoms. The molecular formula is C10H13N5O3. The van der Waals surface area contributed by atoms with Crippen LogP contribution in [-0.4, -0.2) is 36.3 Å². The number of aromatic amines is 1. The predicted molar refractivity (Wildman–Crippen MR) is 63.6 cm³/mol. The van der Waals surface area contributed by atoms with Gasteiger partial charge in [0.25, 0.3) is 5.56 Å². The Morgan fingerprint density at radius 2 is 2.17 bits per heavy atom. The number of nitrogen functional groups attached to an aromatic ring is 1. The van der Waals surface area contributed by atoms with Gasteiger partial charge in [0.15, 0.2) is 11.2 Å². The van der Waals surface area contributed by atoms with Crippen molar-refractivity contribution in [3.8, 4) is 0 Å². The molecule has 5 N–H and O–H groups in total. The lowest BCUT2D eigenvalue weighted by atomic mass is 10.1. The van der Waals surface area contributed by atoms with E-state index >= 15 is 0 Å². The minimum Gasteiger partial charge on any atom is -0.390 e. The molecule has 2 aromatic heterocycles. The van der Waals surface area contributed by atoms with E-state index in [4.69, 9.17) is 5.73 Å². The molecule has 2 unspecified atom stereocenters. The monoisotopic (exact) mass is 251 g/mol. The van der Waals surface area contributed by atoms with E-state index in [2.05, 4.69) is 19.9 Å². The number of nitrogens with zero attached hydrogens (tertiary/aromatic N) is 3. The van der Waals surface area contributed by atoms with E-state index in [0.29, 0.717) is 6.42 Å². The summed E-state index contributed by atoms with van der Waals surface area (Å²) >= 11 is 0. The largest absolute Gasteiger partial charge is 0.390 e. The maximum absolute atomic E-state index is 11.6. The van der Waals surface area contributed by atoms with Crippen molar-refractivity contribution in [3.05, 3.63) is 22.2 Å². The average Bonchev–Trinajstić information content (AvgIpc) is 2.36. The molecule has 0 radical (unpaired) electrons. The fraction of sp³-hybridized carbons (Fsp3) is 0.400. The van der Waals surface area contributed by atoms with E-state index in [-0.39, 0.29) is 22.8 Å². The molecule has 0 saturated heterocycles. The quantitative estimate of drug-likeness (QED) is 0.554. The zero-order valence-corrected chi connectivity index (χ0v) is 9.66. The lowest BCUT2D eigenvalue weighted by Crippen LogP contribution is -2.20. The standard InChI is InChI=1S/C10H13N5O3/c1-2-5(16)7(17)4-3-12-8-6(13-4)9(18)15-10(11)14-8/h3,5,7,16-17H,2H2,1H3,(H3,11,12,14,15,18). The molecule has 2 atom stereocenters. The number of nitrogens with one attached hydrogen (secondary N) is 1. The number of anilines is 1. The first-order valence-corrected chi connectivity index (χ1v) is 5.41. The van der Waals surface area contributed by atoms with Gasteiger partial charge < -0.3 is 15.9 Å². The number of aliphatic hydroxyl groups is 2. The molecule has 0 saturated carbocycles. The summed E-state index contributed by atoms with van der Waals surface area (Å²) in [5.74, 6) is -0.0521. The van der Waals surface area contributed by atoms with E-state index in [0.717, 1.165) is 0 Å². The lowest BCUT2D eigenvalue weighted by molar-refractivity contribution is 0.0139. The van der Waals surface area contributed by atoms with Crippen LogP contribution in [0.15, 0.2) is 11.0 Å². The molecule has 0 aliphatic rings. The van der Waals surface area contributed by atoms with Crippen molar-refractivity contribution in [1.29, 1.82) is 0 Å². The Kier molecular flexibility index (Phi) is 3.21. The van der Waals surface area contributed by atoms with Crippen molar-refractivity contribution in [3.63, 3.8) is 0 Å². The molecule has 2 heterocycles. The molecule has 0 amide bonds. The summed E-state index contributed by atoms with van der Waals surface area (Å²) in [6.07, 6.45) is -0.531. The van der Waals surface area contributed by atoms with Crippen LogP contribution >= 0.6 is 0 Å². The molecule has 0 aliphatic heterocycles. The summed E-state index contributed by atoms with van der Waals surface area (Å²) in [5, 5.41) is 19.3. The van der Waals surface area contributed by atoms with Gasteiger partial charge in [0.1, 0.15) is 6.10 Å². The highest BCUT2D eigenvalue weighted by Crippen LogP contribution is 2.17. The zero-order valence-electron chi connectivity index (χ0n) is 9.66. The van der Waals surface area contributed by atoms with Crippen LogP contribution in [0, 0.1) is 0 Å². The second kappa shape index (κ2) is 4.67. The van der Waals surface area contributed by atoms with Crippen LogP contribution in [0.1, 0.15) is 25.1 Å². The Morgan fingerprint density at radius 1 is 1.44 bits per heavy atom. The topological polar surface area (TPSA) is 138 Å². The Hall–Kier alpha value is -2.06. The van der Waals surface area contributed by atoms with Gasteiger partial charge in [-0.1, -0.05) is 6.92 Å². The average molecular weight is 251 g/mol. The SMILES string of the molecule is CCC(O)C(O)c1cnc2nc(N)[nH]c(=O)c2n1. The Labute approximate surface area is 102 Å². The number of nitrogens with two attached hydrogens (primary N) is 1. The van der Waals surface area contributed by atoms with Crippen LogP contribution in [0.2, 0.25) is 0 Å². The van der Waals surface area contributed by atoms with Crippen LogP contribution in [0.4, 0.5) is 5.95 Å². The highest BCUT2D eigenvalue weighted by molar-refractivity contribution is 5.69. The first kappa shape index (κ1) is 12.4. The van der Waals surface area contributed by atoms with Crippen molar-refractivity contribution in [2.45, 2.75) is 25.6 Å². The van der Waals surface area contributed by atoms with Crippen molar-refractivity contribution >= 4 is 17.1 Å². The highest BCUT2D eigenvalue weighted by Gasteiger charge is 2.19. The van der Waals surface area contributed by atoms with Crippen LogP contribution in [0.25, 0.3) is 11.2 Å². The number of hydrogen-bond acceptors (Lipinski definition) is 7. The molecular weight excluding hydrogens is 238 g/mol. The summed E-state index contributed by atoms with van der Waals surface area (Å²) < 4.78 is 0. The second-order valence-corrected chi connectivity index (χ2v) is 3.84. The van der Waals surface area contributed by atoms with Gasteiger partial charge in [-0.25, -0.2) is 9.97 Å². The number of rotatable bonds is 3. The second-order valence-electron chi connectivity index (χ2n) is 3.84. The van der Waals surface area contributed by atoms with Gasteiger partial charge in [0.05, 0.1) is 18.0 Å². The minimum atomic E-state index is -1.19. The molecule has 96 valence electrons. The molecule has 2 aromatic rings. The predicted octanol–water partition coefficient (Wildman–Crippen LogP) is -0.900. The summed E-state index contributed by atoms with van der Waals surface area (Å²) in [4.78, 5) is 25.5. The van der Waals surface area contributed by atoms with Gasteiger partial charge in [-0.15, -0.1) is 0 Å². The molecule has 0 spiro atoms. The highest BCUT2D eigenvalue weighted by atomic mass is 16.3. The van der Waals surface area contributed by atoms with Crippen LogP contribution < -0.4 is 11.3 Å². The van der Waals surface area contributed by atoms with Crippen molar-refractivity contribution in [1.82, 2.24) is 19.9 Å². The third-order valence-electron chi connectivity index (χ3n) is 2.54. The van der Waals surface area contributed by atoms with Crippen molar-refractivity contribution in [2.24, 2.45) is 0 Å². The zero-order chi connectivity index (χ0) is 13.3. The maximum Gasteiger partial charge on any atom is 0.280 e. The molecule has 0 aliphatic carbocycles. The van der Waals surface area contributed by atoms with E-state index < -0.39 is 17.8 Å². The smallest absolute Gasteiger partial charge is 0.280 e. The summed E-state index contributed by atoms with van der Waals surface area (Å²) in [6.45, 7) is 1.72.